The Bertz CT molecular complexity index is 426. The summed E-state index contributed by atoms with van der Waals surface area (Å²) in [6, 6.07) is 6.28. The lowest BCUT2D eigenvalue weighted by Gasteiger charge is -2.39. The number of halogens is 1. The smallest absolute Gasteiger partial charge is 0.310 e. The van der Waals surface area contributed by atoms with Crippen molar-refractivity contribution in [1.29, 1.82) is 0 Å². The molecule has 0 heterocycles. The molecule has 0 spiro atoms. The molecule has 17 heavy (non-hydrogen) atoms. The molecule has 0 amide bonds. The van der Waals surface area contributed by atoms with Crippen LogP contribution in [-0.4, -0.2) is 29.6 Å². The van der Waals surface area contributed by atoms with Crippen LogP contribution in [0, 0.1) is 10.1 Å². The summed E-state index contributed by atoms with van der Waals surface area (Å²) in [6.45, 7) is 0. The maximum atomic E-state index is 10.8. The van der Waals surface area contributed by atoms with Crippen molar-refractivity contribution >= 4 is 17.3 Å². The molecule has 5 nitrogen and oxygen atoms in total. The predicted molar refractivity (Wildman–Crippen MR) is 62.6 cm³/mol. The Morgan fingerprint density at radius 1 is 1.47 bits per heavy atom. The van der Waals surface area contributed by atoms with Crippen LogP contribution >= 0.6 is 11.6 Å². The van der Waals surface area contributed by atoms with Gasteiger partial charge in [0.25, 0.3) is 0 Å². The van der Waals surface area contributed by atoms with Crippen LogP contribution in [-0.2, 0) is 4.74 Å². The lowest BCUT2D eigenvalue weighted by atomic mass is 9.91. The Hall–Kier alpha value is -1.33. The van der Waals surface area contributed by atoms with Gasteiger partial charge in [-0.25, -0.2) is 0 Å². The monoisotopic (exact) mass is 257 g/mol. The number of rotatable bonds is 4. The minimum Gasteiger partial charge on any atom is -0.481 e. The van der Waals surface area contributed by atoms with Crippen molar-refractivity contribution in [3.63, 3.8) is 0 Å². The maximum absolute atomic E-state index is 10.8. The summed E-state index contributed by atoms with van der Waals surface area (Å²) in [5, 5.41) is 10.7. The first-order valence-electron chi connectivity index (χ1n) is 5.20. The van der Waals surface area contributed by atoms with Crippen molar-refractivity contribution in [2.24, 2.45) is 0 Å². The molecular formula is C11H12ClNO4. The lowest BCUT2D eigenvalue weighted by Crippen LogP contribution is -2.52. The summed E-state index contributed by atoms with van der Waals surface area (Å²) in [6.07, 6.45) is 0.201. The molecule has 2 rings (SSSR count). The number of nitrogens with zero attached hydrogens (tertiary/aromatic N) is 1. The Labute approximate surface area is 103 Å². The second-order valence-electron chi connectivity index (χ2n) is 3.83. The van der Waals surface area contributed by atoms with E-state index in [0.29, 0.717) is 6.42 Å². The van der Waals surface area contributed by atoms with Crippen molar-refractivity contribution in [3.05, 3.63) is 34.4 Å². The molecule has 0 bridgehead atoms. The fourth-order valence-corrected chi connectivity index (χ4v) is 2.25. The fraction of sp³-hybridized carbons (Fsp3) is 0.455. The highest BCUT2D eigenvalue weighted by Gasteiger charge is 2.42. The Kier molecular flexibility index (Phi) is 3.49. The molecule has 0 N–H and O–H groups in total. The summed E-state index contributed by atoms with van der Waals surface area (Å²) in [4.78, 5) is 10.3. The van der Waals surface area contributed by atoms with E-state index in [0.717, 1.165) is 0 Å². The number of nitro groups is 1. The first-order valence-corrected chi connectivity index (χ1v) is 5.64. The highest BCUT2D eigenvalue weighted by molar-refractivity contribution is 6.21. The van der Waals surface area contributed by atoms with Gasteiger partial charge in [0, 0.05) is 19.6 Å². The maximum Gasteiger partial charge on any atom is 0.310 e. The van der Waals surface area contributed by atoms with Crippen LogP contribution in [0.15, 0.2) is 24.3 Å². The number of nitro benzene ring substituents is 1. The van der Waals surface area contributed by atoms with Gasteiger partial charge in [-0.05, 0) is 6.07 Å². The van der Waals surface area contributed by atoms with Gasteiger partial charge in [0.15, 0.2) is 5.75 Å². The number of para-hydroxylation sites is 2. The Morgan fingerprint density at radius 2 is 2.18 bits per heavy atom. The second kappa shape index (κ2) is 4.89. The zero-order valence-electron chi connectivity index (χ0n) is 9.21. The van der Waals surface area contributed by atoms with Crippen molar-refractivity contribution in [2.75, 3.05) is 7.11 Å². The van der Waals surface area contributed by atoms with Gasteiger partial charge >= 0.3 is 5.69 Å². The van der Waals surface area contributed by atoms with Crippen LogP contribution < -0.4 is 4.74 Å². The average molecular weight is 258 g/mol. The number of alkyl halides is 1. The minimum atomic E-state index is -0.464. The van der Waals surface area contributed by atoms with E-state index in [-0.39, 0.29) is 29.0 Å². The summed E-state index contributed by atoms with van der Waals surface area (Å²) in [7, 11) is 1.55. The average Bonchev–Trinajstić information content (AvgIpc) is 2.29. The van der Waals surface area contributed by atoms with E-state index in [1.165, 1.54) is 6.07 Å². The quantitative estimate of drug-likeness (QED) is 0.472. The molecule has 0 saturated heterocycles. The van der Waals surface area contributed by atoms with Crippen molar-refractivity contribution < 1.29 is 14.4 Å². The molecule has 92 valence electrons. The Balaban J connectivity index is 2.12. The van der Waals surface area contributed by atoms with Gasteiger partial charge < -0.3 is 9.47 Å². The highest BCUT2D eigenvalue weighted by Crippen LogP contribution is 2.35. The number of hydrogen-bond acceptors (Lipinski definition) is 4. The molecule has 0 aromatic heterocycles. The molecule has 6 heteroatoms. The predicted octanol–water partition coefficient (Wildman–Crippen LogP) is 2.37. The lowest BCUT2D eigenvalue weighted by molar-refractivity contribution is -0.386. The summed E-state index contributed by atoms with van der Waals surface area (Å²) < 4.78 is 10.7. The molecule has 1 fully saturated rings. The van der Waals surface area contributed by atoms with Crippen LogP contribution in [0.25, 0.3) is 0 Å². The highest BCUT2D eigenvalue weighted by atomic mass is 35.5. The Morgan fingerprint density at radius 3 is 2.76 bits per heavy atom. The van der Waals surface area contributed by atoms with E-state index in [4.69, 9.17) is 21.1 Å². The molecule has 1 aromatic carbocycles. The third kappa shape index (κ3) is 2.35. The van der Waals surface area contributed by atoms with Crippen molar-refractivity contribution in [1.82, 2.24) is 0 Å². The van der Waals surface area contributed by atoms with E-state index >= 15 is 0 Å². The molecule has 3 atom stereocenters. The van der Waals surface area contributed by atoms with Crippen molar-refractivity contribution in [2.45, 2.75) is 24.0 Å². The number of hydrogen-bond donors (Lipinski definition) is 0. The molecular weight excluding hydrogens is 246 g/mol. The zero-order valence-corrected chi connectivity index (χ0v) is 9.96. The van der Waals surface area contributed by atoms with E-state index in [1.807, 2.05) is 0 Å². The zero-order chi connectivity index (χ0) is 12.4. The van der Waals surface area contributed by atoms with Gasteiger partial charge in [-0.2, -0.15) is 0 Å². The largest absolute Gasteiger partial charge is 0.481 e. The summed E-state index contributed by atoms with van der Waals surface area (Å²) in [5.74, 6) is 0.258. The topological polar surface area (TPSA) is 61.6 Å². The number of methoxy groups -OCH3 is 1. The van der Waals surface area contributed by atoms with Gasteiger partial charge in [-0.15, -0.1) is 11.6 Å². The third-order valence-corrected chi connectivity index (χ3v) is 3.22. The molecule has 0 radical (unpaired) electrons. The van der Waals surface area contributed by atoms with E-state index < -0.39 is 4.92 Å². The second-order valence-corrected chi connectivity index (χ2v) is 4.39. The van der Waals surface area contributed by atoms with Gasteiger partial charge in [0.05, 0.1) is 10.3 Å². The van der Waals surface area contributed by atoms with Gasteiger partial charge in [0.2, 0.25) is 0 Å². The molecule has 1 saturated carbocycles. The van der Waals surface area contributed by atoms with Crippen molar-refractivity contribution in [3.8, 4) is 5.75 Å². The van der Waals surface area contributed by atoms with E-state index in [9.17, 15) is 10.1 Å². The van der Waals surface area contributed by atoms with E-state index in [1.54, 1.807) is 25.3 Å². The van der Waals surface area contributed by atoms with Crippen LogP contribution in [0.4, 0.5) is 5.69 Å². The van der Waals surface area contributed by atoms with E-state index in [2.05, 4.69) is 0 Å². The number of benzene rings is 1. The SMILES string of the molecule is COC1C(Cl)CC1Oc1ccccc1[N+](=O)[O-]. The third-order valence-electron chi connectivity index (χ3n) is 2.79. The van der Waals surface area contributed by atoms with Gasteiger partial charge in [0.1, 0.15) is 12.2 Å². The van der Waals surface area contributed by atoms with Crippen LogP contribution in [0.3, 0.4) is 0 Å². The molecule has 1 aliphatic rings. The minimum absolute atomic E-state index is 0.0413. The first kappa shape index (κ1) is 12.1. The van der Waals surface area contributed by atoms with Gasteiger partial charge in [-0.3, -0.25) is 10.1 Å². The summed E-state index contributed by atoms with van der Waals surface area (Å²) in [5.41, 5.74) is -0.0413. The molecule has 1 aliphatic carbocycles. The summed E-state index contributed by atoms with van der Waals surface area (Å²) >= 11 is 5.94. The molecule has 0 aliphatic heterocycles. The normalized spacial score (nSPS) is 27.3. The molecule has 3 unspecified atom stereocenters. The number of ether oxygens (including phenoxy) is 2. The van der Waals surface area contributed by atoms with Gasteiger partial charge in [-0.1, -0.05) is 12.1 Å². The van der Waals surface area contributed by atoms with Crippen LogP contribution in [0.5, 0.6) is 5.75 Å². The fourth-order valence-electron chi connectivity index (χ4n) is 1.81. The molecule has 1 aromatic rings. The standard InChI is InChI=1S/C11H12ClNO4/c1-16-11-7(12)6-10(11)17-9-5-3-2-4-8(9)13(14)15/h2-5,7,10-11H,6H2,1H3. The van der Waals surface area contributed by atoms with Crippen LogP contribution in [0.1, 0.15) is 6.42 Å². The van der Waals surface area contributed by atoms with Crippen LogP contribution in [0.2, 0.25) is 0 Å². The first-order chi connectivity index (χ1) is 8.13.